The van der Waals surface area contributed by atoms with Crippen LogP contribution in [0.1, 0.15) is 36.0 Å². The number of hydrogen-bond acceptors (Lipinski definition) is 7. The van der Waals surface area contributed by atoms with Crippen molar-refractivity contribution in [3.63, 3.8) is 0 Å². The molecule has 1 saturated carbocycles. The Hall–Kier alpha value is -4.50. The maximum absolute atomic E-state index is 12.5. The van der Waals surface area contributed by atoms with Crippen molar-refractivity contribution in [3.8, 4) is 0 Å². The van der Waals surface area contributed by atoms with Gasteiger partial charge in [0.2, 0.25) is 22.3 Å². The first-order valence-corrected chi connectivity index (χ1v) is 14.7. The number of piperidine rings is 2. The molecule has 0 radical (unpaired) electrons. The highest BCUT2D eigenvalue weighted by molar-refractivity contribution is 7.89. The predicted molar refractivity (Wildman–Crippen MR) is 154 cm³/mol. The fourth-order valence-electron chi connectivity index (χ4n) is 4.75. The van der Waals surface area contributed by atoms with Crippen LogP contribution in [0.4, 0.5) is 5.69 Å². The van der Waals surface area contributed by atoms with E-state index in [-0.39, 0.29) is 37.1 Å². The van der Waals surface area contributed by atoms with Crippen LogP contribution >= 0.6 is 0 Å². The Morgan fingerprint density at radius 2 is 1.71 bits per heavy atom. The van der Waals surface area contributed by atoms with Gasteiger partial charge in [0.1, 0.15) is 6.04 Å². The van der Waals surface area contributed by atoms with Gasteiger partial charge in [-0.15, -0.1) is 0 Å². The maximum atomic E-state index is 12.5. The highest BCUT2D eigenvalue weighted by atomic mass is 32.2. The first-order valence-electron chi connectivity index (χ1n) is 13.2. The number of carboxylic acids is 1. The van der Waals surface area contributed by atoms with Crippen LogP contribution in [-0.2, 0) is 24.4 Å². The third kappa shape index (κ3) is 9.01. The summed E-state index contributed by atoms with van der Waals surface area (Å²) in [6.07, 6.45) is 4.70. The molecule has 42 heavy (non-hydrogen) atoms. The monoisotopic (exact) mass is 601 g/mol. The molecule has 2 bridgehead atoms. The average Bonchev–Trinajstić information content (AvgIpc) is 2.99. The molecule has 2 aromatic rings. The van der Waals surface area contributed by atoms with Crippen LogP contribution < -0.4 is 27.4 Å². The van der Waals surface area contributed by atoms with E-state index in [2.05, 4.69) is 15.6 Å². The average molecular weight is 602 g/mol. The minimum Gasteiger partial charge on any atom is -0.480 e. The van der Waals surface area contributed by atoms with Crippen molar-refractivity contribution < 1.29 is 32.7 Å². The Morgan fingerprint density at radius 1 is 1.02 bits per heavy atom. The molecule has 3 fully saturated rings. The van der Waals surface area contributed by atoms with Gasteiger partial charge in [-0.1, -0.05) is 24.3 Å². The van der Waals surface area contributed by atoms with Crippen LogP contribution in [0.15, 0.2) is 64.5 Å². The Balaban J connectivity index is 0.000000245. The van der Waals surface area contributed by atoms with Crippen LogP contribution in [0.3, 0.4) is 0 Å². The smallest absolute Gasteiger partial charge is 0.328 e. The molecule has 1 unspecified atom stereocenters. The fourth-order valence-corrected chi connectivity index (χ4v) is 6.53. The van der Waals surface area contributed by atoms with Crippen molar-refractivity contribution in [2.75, 3.05) is 19.6 Å². The van der Waals surface area contributed by atoms with Crippen LogP contribution in [0.25, 0.3) is 0 Å². The van der Waals surface area contributed by atoms with E-state index in [9.17, 15) is 27.6 Å². The van der Waals surface area contributed by atoms with Gasteiger partial charge < -0.3 is 32.5 Å². The second-order valence-corrected chi connectivity index (χ2v) is 11.7. The lowest BCUT2D eigenvalue weighted by molar-refractivity contribution is -0.140. The fraction of sp³-hybridized carbons (Fsp3) is 0.370. The lowest BCUT2D eigenvalue weighted by Gasteiger charge is -2.44. The first kappa shape index (κ1) is 32.0. The van der Waals surface area contributed by atoms with Gasteiger partial charge in [-0.05, 0) is 61.9 Å². The number of nitrogens with two attached hydrogens (primary N) is 2. The zero-order valence-electron chi connectivity index (χ0n) is 22.8. The molecule has 3 amide bonds. The van der Waals surface area contributed by atoms with E-state index in [1.165, 1.54) is 25.0 Å². The zero-order valence-corrected chi connectivity index (χ0v) is 23.6. The summed E-state index contributed by atoms with van der Waals surface area (Å²) in [5.41, 5.74) is 11.1. The Morgan fingerprint density at radius 3 is 2.29 bits per heavy atom. The molecule has 0 aromatic heterocycles. The number of amides is 3. The van der Waals surface area contributed by atoms with Crippen molar-refractivity contribution in [2.45, 2.75) is 42.7 Å². The summed E-state index contributed by atoms with van der Waals surface area (Å²) >= 11 is 0. The number of aliphatic carboxylic acids is 1. The number of aliphatic imine (C=N–C) groups is 1. The highest BCUT2D eigenvalue weighted by Gasteiger charge is 2.40. The van der Waals surface area contributed by atoms with E-state index in [1.807, 2.05) is 11.4 Å². The standard InChI is InChI=1S/C14H18N6O5.C13H17NO2S/c15-14(16)20-9-3-1-2-8(4-9)12(23)18-6-11(22)17-5-10(13(24)25)19-7-21;15-17(16,13-4-2-1-3-5-13)14-10-11-6-8-12(14)9-7-11/h1-4,7,10H,5-6H2,(H,17,22)(H,18,23)(H,19,21)(H,24,25)(H4,15,16,20);1-5,11-12H,6-10H2. The molecule has 2 heterocycles. The molecule has 2 saturated heterocycles. The SMILES string of the molecule is NC(N)=Nc1cccc(C(=O)NCC(=O)NCC(NC=O)C(=O)O)c1.O=S(=O)(c1ccccc1)N1CC2CCC1CC2. The summed E-state index contributed by atoms with van der Waals surface area (Å²) in [6.45, 7) is 0.0312. The van der Waals surface area contributed by atoms with Gasteiger partial charge in [0.15, 0.2) is 5.96 Å². The minimum absolute atomic E-state index is 0.158. The maximum Gasteiger partial charge on any atom is 0.328 e. The third-order valence-corrected chi connectivity index (χ3v) is 8.79. The number of nitrogens with zero attached hydrogens (tertiary/aromatic N) is 2. The Bertz CT molecular complexity index is 1390. The zero-order chi connectivity index (χ0) is 30.7. The van der Waals surface area contributed by atoms with Crippen molar-refractivity contribution in [1.29, 1.82) is 0 Å². The normalized spacial score (nSPS) is 18.4. The van der Waals surface area contributed by atoms with Crippen molar-refractivity contribution in [2.24, 2.45) is 22.4 Å². The summed E-state index contributed by atoms with van der Waals surface area (Å²) in [7, 11) is -3.26. The summed E-state index contributed by atoms with van der Waals surface area (Å²) in [4.78, 5) is 48.9. The van der Waals surface area contributed by atoms with Crippen LogP contribution in [-0.4, -0.2) is 79.7 Å². The van der Waals surface area contributed by atoms with Gasteiger partial charge in [-0.25, -0.2) is 18.2 Å². The van der Waals surface area contributed by atoms with Gasteiger partial charge in [0, 0.05) is 24.7 Å². The molecule has 1 atom stereocenters. The molecular formula is C27H35N7O7S. The number of guanidine groups is 1. The van der Waals surface area contributed by atoms with Crippen molar-refractivity contribution >= 4 is 45.9 Å². The van der Waals surface area contributed by atoms with Crippen LogP contribution in [0.5, 0.6) is 0 Å². The second-order valence-electron chi connectivity index (χ2n) is 9.81. The predicted octanol–water partition coefficient (Wildman–Crippen LogP) is -0.114. The molecule has 3 aliphatic rings. The lowest BCUT2D eigenvalue weighted by atomic mass is 9.82. The number of carbonyl (C=O) groups excluding carboxylic acids is 3. The van der Waals surface area contributed by atoms with Gasteiger partial charge in [-0.2, -0.15) is 4.31 Å². The Labute approximate surface area is 243 Å². The van der Waals surface area contributed by atoms with E-state index in [0.717, 1.165) is 19.4 Å². The van der Waals surface area contributed by atoms with E-state index in [0.29, 0.717) is 16.5 Å². The quantitative estimate of drug-likeness (QED) is 0.115. The molecule has 15 heteroatoms. The minimum atomic E-state index is -3.26. The molecule has 0 spiro atoms. The summed E-state index contributed by atoms with van der Waals surface area (Å²) in [5.74, 6) is -2.03. The number of nitrogens with one attached hydrogen (secondary N) is 3. The number of carbonyl (C=O) groups is 4. The van der Waals surface area contributed by atoms with E-state index in [1.54, 1.807) is 40.7 Å². The van der Waals surface area contributed by atoms with E-state index >= 15 is 0 Å². The lowest BCUT2D eigenvalue weighted by Crippen LogP contribution is -2.50. The Kier molecular flexibility index (Phi) is 11.4. The summed E-state index contributed by atoms with van der Waals surface area (Å²) in [5, 5.41) is 15.5. The van der Waals surface area contributed by atoms with Gasteiger partial charge in [0.25, 0.3) is 5.91 Å². The number of sulfonamides is 1. The largest absolute Gasteiger partial charge is 0.480 e. The highest BCUT2D eigenvalue weighted by Crippen LogP contribution is 2.37. The molecule has 5 rings (SSSR count). The molecule has 14 nitrogen and oxygen atoms in total. The topological polar surface area (TPSA) is 226 Å². The number of carboxylic acid groups (broad SMARTS) is 1. The van der Waals surface area contributed by atoms with Gasteiger partial charge in [-0.3, -0.25) is 14.4 Å². The summed E-state index contributed by atoms with van der Waals surface area (Å²) in [6, 6.07) is 13.9. The van der Waals surface area contributed by atoms with Crippen molar-refractivity contribution in [3.05, 3.63) is 60.2 Å². The molecule has 1 aliphatic carbocycles. The van der Waals surface area contributed by atoms with Gasteiger partial charge in [0.05, 0.1) is 17.1 Å². The number of benzene rings is 2. The molecule has 2 aromatic carbocycles. The molecule has 2 aliphatic heterocycles. The number of fused-ring (bicyclic) bond motifs is 3. The first-order chi connectivity index (χ1) is 20.0. The van der Waals surface area contributed by atoms with Gasteiger partial charge >= 0.3 is 5.97 Å². The number of rotatable bonds is 11. The van der Waals surface area contributed by atoms with E-state index in [4.69, 9.17) is 16.6 Å². The van der Waals surface area contributed by atoms with E-state index < -0.39 is 33.8 Å². The number of hydrogen-bond donors (Lipinski definition) is 6. The van der Waals surface area contributed by atoms with Crippen LogP contribution in [0, 0.1) is 5.92 Å². The van der Waals surface area contributed by atoms with Crippen LogP contribution in [0.2, 0.25) is 0 Å². The summed E-state index contributed by atoms with van der Waals surface area (Å²) < 4.78 is 26.7. The second kappa shape index (κ2) is 14.9. The molecular weight excluding hydrogens is 566 g/mol. The molecule has 8 N–H and O–H groups in total. The third-order valence-electron chi connectivity index (χ3n) is 6.86. The van der Waals surface area contributed by atoms with Crippen molar-refractivity contribution in [1.82, 2.24) is 20.3 Å². The molecule has 226 valence electrons.